The summed E-state index contributed by atoms with van der Waals surface area (Å²) in [5.74, 6) is 0.572. The van der Waals surface area contributed by atoms with Gasteiger partial charge in [-0.15, -0.1) is 0 Å². The Morgan fingerprint density at radius 2 is 2.27 bits per heavy atom. The summed E-state index contributed by atoms with van der Waals surface area (Å²) in [6.07, 6.45) is 3.31. The van der Waals surface area contributed by atoms with Crippen molar-refractivity contribution in [2.24, 2.45) is 0 Å². The van der Waals surface area contributed by atoms with Gasteiger partial charge in [0.05, 0.1) is 5.02 Å². The molecule has 0 spiro atoms. The fraction of sp³-hybridized carbons (Fsp3) is 0.200. The van der Waals surface area contributed by atoms with Gasteiger partial charge in [0.15, 0.2) is 5.82 Å². The Kier molecular flexibility index (Phi) is 2.60. The average molecular weight is 224 g/mol. The molecule has 2 rings (SSSR count). The Balaban J connectivity index is 2.64. The Morgan fingerprint density at radius 3 is 2.93 bits per heavy atom. The zero-order valence-corrected chi connectivity index (χ0v) is 8.98. The summed E-state index contributed by atoms with van der Waals surface area (Å²) >= 11 is 6.00. The van der Waals surface area contributed by atoms with Crippen molar-refractivity contribution in [3.05, 3.63) is 46.0 Å². The van der Waals surface area contributed by atoms with E-state index < -0.39 is 0 Å². The number of pyridine rings is 1. The van der Waals surface area contributed by atoms with Gasteiger partial charge in [-0.1, -0.05) is 11.6 Å². The lowest BCUT2D eigenvalue weighted by Gasteiger charge is -2.09. The third-order valence-corrected chi connectivity index (χ3v) is 2.42. The first-order valence-corrected chi connectivity index (χ1v) is 5.01. The maximum Gasteiger partial charge on any atom is 0.266 e. The smallest absolute Gasteiger partial charge is 0.266 e. The summed E-state index contributed by atoms with van der Waals surface area (Å²) in [7, 11) is 0. The van der Waals surface area contributed by atoms with Crippen LogP contribution in [-0.4, -0.2) is 14.3 Å². The van der Waals surface area contributed by atoms with E-state index in [0.717, 1.165) is 0 Å². The van der Waals surface area contributed by atoms with Crippen molar-refractivity contribution in [3.8, 4) is 5.82 Å². The number of halogens is 1. The molecule has 2 aromatic heterocycles. The van der Waals surface area contributed by atoms with Crippen molar-refractivity contribution in [2.75, 3.05) is 0 Å². The molecule has 0 N–H and O–H groups in total. The van der Waals surface area contributed by atoms with Gasteiger partial charge < -0.3 is 0 Å². The number of hydrogen-bond acceptors (Lipinski definition) is 2. The zero-order chi connectivity index (χ0) is 10.8. The van der Waals surface area contributed by atoms with E-state index >= 15 is 0 Å². The molecule has 0 aliphatic heterocycles. The van der Waals surface area contributed by atoms with Gasteiger partial charge in [0.2, 0.25) is 0 Å². The van der Waals surface area contributed by atoms with E-state index in [2.05, 4.69) is 4.98 Å². The van der Waals surface area contributed by atoms with E-state index in [1.54, 1.807) is 33.9 Å². The van der Waals surface area contributed by atoms with Crippen LogP contribution in [-0.2, 0) is 6.54 Å². The van der Waals surface area contributed by atoms with Crippen LogP contribution in [0.15, 0.2) is 35.4 Å². The van der Waals surface area contributed by atoms with Crippen LogP contribution in [0.5, 0.6) is 0 Å². The fourth-order valence-corrected chi connectivity index (χ4v) is 1.65. The summed E-state index contributed by atoms with van der Waals surface area (Å²) in [5, 5.41) is 0.523. The van der Waals surface area contributed by atoms with Crippen LogP contribution < -0.4 is 5.56 Å². The molecule has 0 saturated carbocycles. The maximum absolute atomic E-state index is 11.4. The van der Waals surface area contributed by atoms with Crippen LogP contribution in [0, 0.1) is 0 Å². The summed E-state index contributed by atoms with van der Waals surface area (Å²) in [5.41, 5.74) is -0.0563. The molecule has 2 heterocycles. The van der Waals surface area contributed by atoms with E-state index in [-0.39, 0.29) is 5.56 Å². The van der Waals surface area contributed by atoms with Gasteiger partial charge in [0, 0.05) is 25.0 Å². The topological polar surface area (TPSA) is 39.8 Å². The number of aromatic nitrogens is 3. The molecule has 0 aliphatic rings. The van der Waals surface area contributed by atoms with Crippen molar-refractivity contribution >= 4 is 11.6 Å². The highest BCUT2D eigenvalue weighted by Crippen LogP contribution is 2.15. The van der Waals surface area contributed by atoms with Crippen molar-refractivity contribution in [2.45, 2.75) is 13.5 Å². The third-order valence-electron chi connectivity index (χ3n) is 2.13. The van der Waals surface area contributed by atoms with Crippen LogP contribution in [0.1, 0.15) is 6.92 Å². The summed E-state index contributed by atoms with van der Waals surface area (Å²) in [6.45, 7) is 2.48. The van der Waals surface area contributed by atoms with E-state index in [1.165, 1.54) is 6.07 Å². The van der Waals surface area contributed by atoms with Crippen LogP contribution in [0.25, 0.3) is 5.82 Å². The molecule has 0 fully saturated rings. The van der Waals surface area contributed by atoms with Crippen LogP contribution in [0.3, 0.4) is 0 Å². The number of nitrogens with zero attached hydrogens (tertiary/aromatic N) is 3. The van der Waals surface area contributed by atoms with Gasteiger partial charge in [-0.3, -0.25) is 4.79 Å². The molecule has 0 amide bonds. The van der Waals surface area contributed by atoms with E-state index in [9.17, 15) is 4.79 Å². The highest BCUT2D eigenvalue weighted by atomic mass is 35.5. The van der Waals surface area contributed by atoms with Gasteiger partial charge in [0.25, 0.3) is 5.56 Å². The van der Waals surface area contributed by atoms with Crippen molar-refractivity contribution < 1.29 is 0 Å². The van der Waals surface area contributed by atoms with Gasteiger partial charge in [0.1, 0.15) is 0 Å². The van der Waals surface area contributed by atoms with Crippen LogP contribution >= 0.6 is 11.6 Å². The Hall–Kier alpha value is -1.55. The minimum Gasteiger partial charge on any atom is -0.268 e. The van der Waals surface area contributed by atoms with E-state index in [4.69, 9.17) is 11.6 Å². The number of hydrogen-bond donors (Lipinski definition) is 0. The third kappa shape index (κ3) is 1.68. The minimum absolute atomic E-state index is 0.0563. The van der Waals surface area contributed by atoms with Gasteiger partial charge in [-0.2, -0.15) is 0 Å². The molecule has 0 bridgehead atoms. The molecule has 0 aliphatic carbocycles. The summed E-state index contributed by atoms with van der Waals surface area (Å²) < 4.78 is 3.22. The molecule has 0 atom stereocenters. The van der Waals surface area contributed by atoms with Crippen LogP contribution in [0.4, 0.5) is 0 Å². The molecule has 15 heavy (non-hydrogen) atoms. The Labute approximate surface area is 91.7 Å². The maximum atomic E-state index is 11.4. The Bertz CT molecular complexity index is 529. The molecule has 0 saturated heterocycles. The summed E-state index contributed by atoms with van der Waals surface area (Å²) in [4.78, 5) is 15.6. The first-order valence-electron chi connectivity index (χ1n) is 4.63. The van der Waals surface area contributed by atoms with Crippen molar-refractivity contribution in [3.63, 3.8) is 0 Å². The molecule has 0 radical (unpaired) electrons. The van der Waals surface area contributed by atoms with Gasteiger partial charge in [-0.05, 0) is 19.1 Å². The van der Waals surface area contributed by atoms with Gasteiger partial charge >= 0.3 is 0 Å². The normalized spacial score (nSPS) is 10.5. The molecular formula is C10H10ClN3O. The molecule has 5 heteroatoms. The molecule has 0 aromatic carbocycles. The highest BCUT2D eigenvalue weighted by Gasteiger charge is 2.07. The minimum atomic E-state index is -0.0563. The number of rotatable bonds is 2. The lowest BCUT2D eigenvalue weighted by molar-refractivity contribution is 0.559. The quantitative estimate of drug-likeness (QED) is 0.778. The largest absolute Gasteiger partial charge is 0.268 e. The lowest BCUT2D eigenvalue weighted by atomic mass is 10.4. The first-order chi connectivity index (χ1) is 7.24. The van der Waals surface area contributed by atoms with E-state index in [0.29, 0.717) is 17.4 Å². The van der Waals surface area contributed by atoms with E-state index in [1.807, 2.05) is 6.92 Å². The van der Waals surface area contributed by atoms with Gasteiger partial charge in [-0.25, -0.2) is 14.3 Å². The van der Waals surface area contributed by atoms with Crippen molar-refractivity contribution in [1.82, 2.24) is 14.3 Å². The predicted molar refractivity (Wildman–Crippen MR) is 58.5 cm³/mol. The Morgan fingerprint density at radius 1 is 1.47 bits per heavy atom. The fourth-order valence-electron chi connectivity index (χ4n) is 1.45. The monoisotopic (exact) mass is 223 g/mol. The first kappa shape index (κ1) is 9.98. The molecule has 4 nitrogen and oxygen atoms in total. The van der Waals surface area contributed by atoms with Crippen molar-refractivity contribution in [1.29, 1.82) is 0 Å². The zero-order valence-electron chi connectivity index (χ0n) is 8.22. The second kappa shape index (κ2) is 3.90. The predicted octanol–water partition coefficient (Wildman–Crippen LogP) is 1.71. The van der Waals surface area contributed by atoms with Crippen LogP contribution in [0.2, 0.25) is 5.02 Å². The second-order valence-electron chi connectivity index (χ2n) is 3.02. The molecule has 2 aromatic rings. The molecule has 78 valence electrons. The standard InChI is InChI=1S/C10H10ClN3O/c1-2-13-9(15)5-7-14(13)10-8(11)4-3-6-12-10/h3-7H,2H2,1H3. The molecule has 0 unspecified atom stereocenters. The highest BCUT2D eigenvalue weighted by molar-refractivity contribution is 6.32. The molecular weight excluding hydrogens is 214 g/mol. The second-order valence-corrected chi connectivity index (χ2v) is 3.43. The average Bonchev–Trinajstić information content (AvgIpc) is 2.60. The summed E-state index contributed by atoms with van der Waals surface area (Å²) in [6, 6.07) is 4.99. The lowest BCUT2D eigenvalue weighted by Crippen LogP contribution is -2.21. The SMILES string of the molecule is CCn1c(=O)ccn1-c1ncccc1Cl.